The number of benzene rings is 4. The summed E-state index contributed by atoms with van der Waals surface area (Å²) in [6.07, 6.45) is 0.870. The molecule has 0 spiro atoms. The number of hydrogen-bond donors (Lipinski definition) is 0. The average molecular weight is 575 g/mol. The monoisotopic (exact) mass is 574 g/mol. The Balaban J connectivity index is 1.21. The molecule has 0 amide bonds. The van der Waals surface area contributed by atoms with E-state index < -0.39 is 10.8 Å². The van der Waals surface area contributed by atoms with Crippen LogP contribution >= 0.6 is 23.5 Å². The Morgan fingerprint density at radius 1 is 0.537 bits per heavy atom. The van der Waals surface area contributed by atoms with Crippen molar-refractivity contribution in [2.24, 2.45) is 9.98 Å². The highest BCUT2D eigenvalue weighted by Crippen LogP contribution is 2.44. The molecule has 0 radical (unpaired) electrons. The first-order chi connectivity index (χ1) is 19.9. The Hall–Kier alpha value is -3.74. The molecule has 0 fully saturated rings. The van der Waals surface area contributed by atoms with Crippen LogP contribution in [0.4, 0.5) is 11.4 Å². The molecule has 6 heteroatoms. The largest absolute Gasteiger partial charge is 0.293 e. The Bertz CT molecular complexity index is 1560. The molecule has 0 aliphatic carbocycles. The zero-order chi connectivity index (χ0) is 28.5. The van der Waals surface area contributed by atoms with E-state index in [1.807, 2.05) is 123 Å². The number of hydrogen-bond acceptors (Lipinski definition) is 6. The number of aliphatic imine (C=N–C) groups is 2. The van der Waals surface area contributed by atoms with Crippen molar-refractivity contribution in [2.45, 2.75) is 31.1 Å². The molecule has 41 heavy (non-hydrogen) atoms. The molecule has 2 unspecified atom stereocenters. The number of ketones is 2. The van der Waals surface area contributed by atoms with Crippen LogP contribution < -0.4 is 0 Å². The van der Waals surface area contributed by atoms with Gasteiger partial charge in [0.05, 0.1) is 21.5 Å². The van der Waals surface area contributed by atoms with Gasteiger partial charge in [0.25, 0.3) is 0 Å². The van der Waals surface area contributed by atoms with Crippen LogP contribution in [0.3, 0.4) is 0 Å². The molecular weight excluding hydrogens is 545 g/mol. The first-order valence-corrected chi connectivity index (χ1v) is 15.7. The number of carbonyl (C=O) groups excluding carboxylic acids is 2. The lowest BCUT2D eigenvalue weighted by Crippen LogP contribution is -2.42. The van der Waals surface area contributed by atoms with Crippen molar-refractivity contribution in [3.63, 3.8) is 0 Å². The Kier molecular flexibility index (Phi) is 7.54. The summed E-state index contributed by atoms with van der Waals surface area (Å²) < 4.78 is 0. The lowest BCUT2D eigenvalue weighted by Gasteiger charge is -2.34. The smallest absolute Gasteiger partial charge is 0.181 e. The van der Waals surface area contributed by atoms with Gasteiger partial charge in [0.2, 0.25) is 0 Å². The molecule has 2 atom stereocenters. The van der Waals surface area contributed by atoms with Crippen LogP contribution in [0.5, 0.6) is 0 Å². The lowest BCUT2D eigenvalue weighted by atomic mass is 9.75. The molecule has 0 N–H and O–H groups in total. The van der Waals surface area contributed by atoms with Crippen molar-refractivity contribution in [1.82, 2.24) is 0 Å². The van der Waals surface area contributed by atoms with Crippen LogP contribution in [0.2, 0.25) is 0 Å². The van der Waals surface area contributed by atoms with E-state index in [1.165, 1.54) is 0 Å². The molecule has 0 saturated heterocycles. The number of fused-ring (bicyclic) bond motifs is 2. The molecule has 2 aliphatic rings. The zero-order valence-electron chi connectivity index (χ0n) is 23.0. The standard InChI is InChI=1S/C35H30N2O2S2/c1-34(24-14-5-3-6-15-24)30(38)26-18-9-11-20-28(26)36-32(34)40-22-13-23-41-33-35(2,25-16-7-4-8-17-25)31(39)27-19-10-12-21-29(27)37-33/h3-12,14-21H,13,22-23H2,1-2H3. The van der Waals surface area contributed by atoms with Gasteiger partial charge in [-0.1, -0.05) is 84.9 Å². The summed E-state index contributed by atoms with van der Waals surface area (Å²) in [5.74, 6) is 1.75. The molecular formula is C35H30N2O2S2. The second-order valence-corrected chi connectivity index (χ2v) is 12.7. The van der Waals surface area contributed by atoms with E-state index in [-0.39, 0.29) is 11.6 Å². The zero-order valence-corrected chi connectivity index (χ0v) is 24.7. The highest BCUT2D eigenvalue weighted by molar-refractivity contribution is 8.15. The minimum atomic E-state index is -0.830. The SMILES string of the molecule is CC1(c2ccccc2)C(=O)c2ccccc2N=C1SCCCSC1=Nc2ccccc2C(=O)C1(C)c1ccccc1. The van der Waals surface area contributed by atoms with Crippen LogP contribution in [0.1, 0.15) is 52.1 Å². The number of Topliss-reactive ketones (excluding diaryl/α,β-unsaturated/α-hetero) is 2. The second kappa shape index (κ2) is 11.3. The minimum absolute atomic E-state index is 0.0820. The maximum Gasteiger partial charge on any atom is 0.181 e. The summed E-state index contributed by atoms with van der Waals surface area (Å²) >= 11 is 3.30. The van der Waals surface area contributed by atoms with Gasteiger partial charge in [-0.05, 0) is 55.7 Å². The first-order valence-electron chi connectivity index (χ1n) is 13.8. The normalized spacial score (nSPS) is 21.5. The predicted octanol–water partition coefficient (Wildman–Crippen LogP) is 8.61. The first kappa shape index (κ1) is 27.4. The van der Waals surface area contributed by atoms with E-state index in [0.717, 1.165) is 50.5 Å². The summed E-state index contributed by atoms with van der Waals surface area (Å²) in [5, 5.41) is 1.65. The molecule has 2 heterocycles. The van der Waals surface area contributed by atoms with Crippen molar-refractivity contribution in [1.29, 1.82) is 0 Å². The molecule has 0 bridgehead atoms. The van der Waals surface area contributed by atoms with Gasteiger partial charge < -0.3 is 0 Å². The number of para-hydroxylation sites is 2. The number of carbonyl (C=O) groups is 2. The minimum Gasteiger partial charge on any atom is -0.293 e. The van der Waals surface area contributed by atoms with E-state index in [2.05, 4.69) is 0 Å². The van der Waals surface area contributed by atoms with Gasteiger partial charge in [0.1, 0.15) is 10.8 Å². The van der Waals surface area contributed by atoms with Gasteiger partial charge in [-0.3, -0.25) is 9.59 Å². The maximum absolute atomic E-state index is 13.8. The summed E-state index contributed by atoms with van der Waals surface area (Å²) in [6.45, 7) is 3.98. The third-order valence-electron chi connectivity index (χ3n) is 7.97. The molecule has 4 nitrogen and oxygen atoms in total. The van der Waals surface area contributed by atoms with Gasteiger partial charge >= 0.3 is 0 Å². The van der Waals surface area contributed by atoms with Crippen molar-refractivity contribution >= 4 is 56.6 Å². The quantitative estimate of drug-likeness (QED) is 0.216. The predicted molar refractivity (Wildman–Crippen MR) is 173 cm³/mol. The van der Waals surface area contributed by atoms with Crippen LogP contribution in [-0.2, 0) is 10.8 Å². The molecule has 4 aromatic rings. The van der Waals surface area contributed by atoms with Gasteiger partial charge in [-0.25, -0.2) is 9.98 Å². The fraction of sp³-hybridized carbons (Fsp3) is 0.200. The van der Waals surface area contributed by atoms with Crippen LogP contribution in [0.15, 0.2) is 119 Å². The Morgan fingerprint density at radius 2 is 0.902 bits per heavy atom. The summed E-state index contributed by atoms with van der Waals surface area (Å²) in [4.78, 5) is 37.7. The van der Waals surface area contributed by atoms with E-state index in [9.17, 15) is 9.59 Å². The summed E-state index contributed by atoms with van der Waals surface area (Å²) in [5.41, 5.74) is 3.04. The fourth-order valence-electron chi connectivity index (χ4n) is 5.50. The molecule has 4 aromatic carbocycles. The van der Waals surface area contributed by atoms with Crippen molar-refractivity contribution in [3.8, 4) is 0 Å². The lowest BCUT2D eigenvalue weighted by molar-refractivity contribution is 0.0931. The van der Waals surface area contributed by atoms with E-state index in [4.69, 9.17) is 9.98 Å². The maximum atomic E-state index is 13.8. The van der Waals surface area contributed by atoms with Crippen LogP contribution in [0.25, 0.3) is 0 Å². The highest BCUT2D eigenvalue weighted by atomic mass is 32.2. The number of rotatable bonds is 6. The molecule has 2 aliphatic heterocycles. The van der Waals surface area contributed by atoms with E-state index >= 15 is 0 Å². The van der Waals surface area contributed by atoms with Gasteiger partial charge in [0, 0.05) is 22.6 Å². The Morgan fingerprint density at radius 3 is 1.32 bits per heavy atom. The van der Waals surface area contributed by atoms with E-state index in [0.29, 0.717) is 11.1 Å². The topological polar surface area (TPSA) is 58.9 Å². The van der Waals surface area contributed by atoms with E-state index in [1.54, 1.807) is 23.5 Å². The fourth-order valence-corrected chi connectivity index (χ4v) is 7.97. The van der Waals surface area contributed by atoms with Gasteiger partial charge in [-0.2, -0.15) is 0 Å². The summed E-state index contributed by atoms with van der Waals surface area (Å²) in [6, 6.07) is 35.1. The Labute approximate surface area is 249 Å². The van der Waals surface area contributed by atoms with Crippen LogP contribution in [-0.4, -0.2) is 33.2 Å². The third kappa shape index (κ3) is 4.79. The molecule has 0 aromatic heterocycles. The highest BCUT2D eigenvalue weighted by Gasteiger charge is 2.46. The number of nitrogens with zero attached hydrogens (tertiary/aromatic N) is 2. The second-order valence-electron chi connectivity index (χ2n) is 10.6. The number of thioether (sulfide) groups is 2. The molecule has 0 saturated carbocycles. The average Bonchev–Trinajstić information content (AvgIpc) is 3.02. The summed E-state index contributed by atoms with van der Waals surface area (Å²) in [7, 11) is 0. The van der Waals surface area contributed by atoms with Crippen LogP contribution in [0, 0.1) is 0 Å². The molecule has 6 rings (SSSR count). The van der Waals surface area contributed by atoms with Crippen molar-refractivity contribution in [3.05, 3.63) is 131 Å². The molecule has 204 valence electrons. The van der Waals surface area contributed by atoms with Gasteiger partial charge in [-0.15, -0.1) is 23.5 Å². The third-order valence-corrected chi connectivity index (χ3v) is 10.5. The van der Waals surface area contributed by atoms with Gasteiger partial charge in [0.15, 0.2) is 11.6 Å². The van der Waals surface area contributed by atoms with Crippen molar-refractivity contribution in [2.75, 3.05) is 11.5 Å². The van der Waals surface area contributed by atoms with Crippen molar-refractivity contribution < 1.29 is 9.59 Å².